The number of ether oxygens (including phenoxy) is 1. The summed E-state index contributed by atoms with van der Waals surface area (Å²) in [5.74, 6) is 0.712. The fourth-order valence-corrected chi connectivity index (χ4v) is 1.06. The lowest BCUT2D eigenvalue weighted by molar-refractivity contribution is 0.390. The molecular weight excluding hydrogens is 152 g/mol. The summed E-state index contributed by atoms with van der Waals surface area (Å²) in [6.07, 6.45) is 0. The van der Waals surface area contributed by atoms with Crippen LogP contribution >= 0.6 is 0 Å². The van der Waals surface area contributed by atoms with Crippen molar-refractivity contribution in [3.05, 3.63) is 23.4 Å². The number of methoxy groups -OCH3 is 1. The molecule has 3 nitrogen and oxygen atoms in total. The van der Waals surface area contributed by atoms with Crippen LogP contribution in [0.3, 0.4) is 0 Å². The Morgan fingerprint density at radius 2 is 2.25 bits per heavy atom. The van der Waals surface area contributed by atoms with Crippen molar-refractivity contribution in [2.75, 3.05) is 14.2 Å². The molecule has 3 heteroatoms. The lowest BCUT2D eigenvalue weighted by atomic mass is 10.2. The van der Waals surface area contributed by atoms with Crippen LogP contribution in [-0.4, -0.2) is 19.1 Å². The highest BCUT2D eigenvalue weighted by atomic mass is 16.5. The number of hydrogen-bond acceptors (Lipinski definition) is 3. The number of aromatic nitrogens is 1. The van der Waals surface area contributed by atoms with E-state index < -0.39 is 0 Å². The molecule has 1 aromatic heterocycles. The summed E-state index contributed by atoms with van der Waals surface area (Å²) in [5.41, 5.74) is 2.07. The van der Waals surface area contributed by atoms with Crippen LogP contribution in [0.15, 0.2) is 12.1 Å². The van der Waals surface area contributed by atoms with Crippen LogP contribution in [0.2, 0.25) is 0 Å². The zero-order chi connectivity index (χ0) is 8.97. The third-order valence-corrected chi connectivity index (χ3v) is 1.64. The van der Waals surface area contributed by atoms with Crippen molar-refractivity contribution in [2.24, 2.45) is 0 Å². The average Bonchev–Trinajstić information content (AvgIpc) is 2.08. The topological polar surface area (TPSA) is 34.2 Å². The summed E-state index contributed by atoms with van der Waals surface area (Å²) in [6, 6.07) is 4.01. The van der Waals surface area contributed by atoms with E-state index in [9.17, 15) is 0 Å². The predicted octanol–water partition coefficient (Wildman–Crippen LogP) is 1.12. The molecule has 0 aliphatic heterocycles. The minimum Gasteiger partial charge on any atom is -0.481 e. The van der Waals surface area contributed by atoms with E-state index in [-0.39, 0.29) is 0 Å². The van der Waals surface area contributed by atoms with Crippen LogP contribution in [-0.2, 0) is 6.54 Å². The smallest absolute Gasteiger partial charge is 0.217 e. The van der Waals surface area contributed by atoms with Crippen LogP contribution < -0.4 is 10.1 Å². The van der Waals surface area contributed by atoms with Crippen LogP contribution in [0, 0.1) is 6.92 Å². The van der Waals surface area contributed by atoms with E-state index in [0.29, 0.717) is 5.88 Å². The van der Waals surface area contributed by atoms with Gasteiger partial charge in [0.15, 0.2) is 0 Å². The molecule has 0 radical (unpaired) electrons. The summed E-state index contributed by atoms with van der Waals surface area (Å²) in [5, 5.41) is 3.06. The van der Waals surface area contributed by atoms with Gasteiger partial charge < -0.3 is 10.1 Å². The maximum Gasteiger partial charge on any atom is 0.217 e. The van der Waals surface area contributed by atoms with Crippen molar-refractivity contribution in [1.29, 1.82) is 0 Å². The Hall–Kier alpha value is -1.09. The van der Waals surface area contributed by atoms with E-state index >= 15 is 0 Å². The van der Waals surface area contributed by atoms with E-state index in [2.05, 4.69) is 10.3 Å². The molecule has 12 heavy (non-hydrogen) atoms. The number of nitrogens with one attached hydrogen (secondary N) is 1. The van der Waals surface area contributed by atoms with Gasteiger partial charge in [0.05, 0.1) is 7.11 Å². The van der Waals surface area contributed by atoms with Gasteiger partial charge in [0, 0.05) is 17.8 Å². The number of rotatable bonds is 3. The van der Waals surface area contributed by atoms with Crippen LogP contribution in [0.4, 0.5) is 0 Å². The molecule has 0 aliphatic rings. The van der Waals surface area contributed by atoms with Crippen LogP contribution in [0.1, 0.15) is 11.3 Å². The van der Waals surface area contributed by atoms with E-state index in [4.69, 9.17) is 4.74 Å². The monoisotopic (exact) mass is 166 g/mol. The summed E-state index contributed by atoms with van der Waals surface area (Å²) >= 11 is 0. The molecule has 1 rings (SSSR count). The molecule has 0 atom stereocenters. The molecule has 0 aromatic carbocycles. The van der Waals surface area contributed by atoms with E-state index in [1.807, 2.05) is 26.1 Å². The quantitative estimate of drug-likeness (QED) is 0.730. The van der Waals surface area contributed by atoms with Crippen molar-refractivity contribution in [2.45, 2.75) is 13.5 Å². The molecule has 0 unspecified atom stereocenters. The summed E-state index contributed by atoms with van der Waals surface area (Å²) in [4.78, 5) is 4.25. The van der Waals surface area contributed by atoms with Gasteiger partial charge in [-0.25, -0.2) is 4.98 Å². The maximum atomic E-state index is 5.13. The first kappa shape index (κ1) is 9.00. The van der Waals surface area contributed by atoms with Gasteiger partial charge >= 0.3 is 0 Å². The largest absolute Gasteiger partial charge is 0.481 e. The molecule has 0 aliphatic carbocycles. The van der Waals surface area contributed by atoms with Gasteiger partial charge in [0.2, 0.25) is 5.88 Å². The molecule has 0 bridgehead atoms. The Balaban J connectivity index is 2.94. The number of aryl methyl sites for hydroxylation is 1. The third-order valence-electron chi connectivity index (χ3n) is 1.64. The van der Waals surface area contributed by atoms with E-state index in [0.717, 1.165) is 17.8 Å². The fourth-order valence-electron chi connectivity index (χ4n) is 1.06. The normalized spacial score (nSPS) is 9.92. The third kappa shape index (κ3) is 1.95. The minimum atomic E-state index is 0.712. The van der Waals surface area contributed by atoms with Crippen molar-refractivity contribution < 1.29 is 4.74 Å². The van der Waals surface area contributed by atoms with Gasteiger partial charge in [-0.2, -0.15) is 0 Å². The first-order chi connectivity index (χ1) is 5.77. The van der Waals surface area contributed by atoms with Gasteiger partial charge in [-0.15, -0.1) is 0 Å². The Morgan fingerprint density at radius 1 is 1.50 bits per heavy atom. The molecule has 66 valence electrons. The molecular formula is C9H14N2O. The number of nitrogens with zero attached hydrogens (tertiary/aromatic N) is 1. The zero-order valence-electron chi connectivity index (χ0n) is 7.72. The van der Waals surface area contributed by atoms with Gasteiger partial charge in [-0.3, -0.25) is 0 Å². The first-order valence-corrected chi connectivity index (χ1v) is 3.93. The highest BCUT2D eigenvalue weighted by molar-refractivity contribution is 5.27. The standard InChI is InChI=1S/C9H14N2O/c1-7-4-5-8(6-10-2)9(11-7)12-3/h4-5,10H,6H2,1-3H3. The molecule has 0 saturated carbocycles. The second kappa shape index (κ2) is 4.07. The van der Waals surface area contributed by atoms with Crippen molar-refractivity contribution in [3.8, 4) is 5.88 Å². The Morgan fingerprint density at radius 3 is 2.83 bits per heavy atom. The van der Waals surface area contributed by atoms with Crippen molar-refractivity contribution in [1.82, 2.24) is 10.3 Å². The molecule has 1 aromatic rings. The second-order valence-corrected chi connectivity index (χ2v) is 2.65. The lowest BCUT2D eigenvalue weighted by Gasteiger charge is -2.06. The average molecular weight is 166 g/mol. The predicted molar refractivity (Wildman–Crippen MR) is 48.3 cm³/mol. The molecule has 0 fully saturated rings. The second-order valence-electron chi connectivity index (χ2n) is 2.65. The lowest BCUT2D eigenvalue weighted by Crippen LogP contribution is -2.07. The van der Waals surface area contributed by atoms with Gasteiger partial charge in [0.25, 0.3) is 0 Å². The van der Waals surface area contributed by atoms with Crippen LogP contribution in [0.25, 0.3) is 0 Å². The SMILES string of the molecule is CNCc1ccc(C)nc1OC. The van der Waals surface area contributed by atoms with Crippen molar-refractivity contribution >= 4 is 0 Å². The molecule has 1 heterocycles. The summed E-state index contributed by atoms with van der Waals surface area (Å²) in [7, 11) is 3.54. The minimum absolute atomic E-state index is 0.712. The number of pyridine rings is 1. The van der Waals surface area contributed by atoms with Gasteiger partial charge in [-0.1, -0.05) is 6.07 Å². The summed E-state index contributed by atoms with van der Waals surface area (Å²) < 4.78 is 5.13. The molecule has 1 N–H and O–H groups in total. The molecule has 0 saturated heterocycles. The summed E-state index contributed by atoms with van der Waals surface area (Å²) in [6.45, 7) is 2.74. The molecule has 0 spiro atoms. The number of hydrogen-bond donors (Lipinski definition) is 1. The Bertz CT molecular complexity index is 261. The van der Waals surface area contributed by atoms with Crippen molar-refractivity contribution in [3.63, 3.8) is 0 Å². The Labute approximate surface area is 72.8 Å². The maximum absolute atomic E-state index is 5.13. The van der Waals surface area contributed by atoms with Gasteiger partial charge in [-0.05, 0) is 20.0 Å². The zero-order valence-corrected chi connectivity index (χ0v) is 7.72. The molecule has 0 amide bonds. The highest BCUT2D eigenvalue weighted by Crippen LogP contribution is 2.14. The highest BCUT2D eigenvalue weighted by Gasteiger charge is 2.02. The first-order valence-electron chi connectivity index (χ1n) is 3.93. The van der Waals surface area contributed by atoms with Crippen LogP contribution in [0.5, 0.6) is 5.88 Å². The van der Waals surface area contributed by atoms with Gasteiger partial charge in [0.1, 0.15) is 0 Å². The fraction of sp³-hybridized carbons (Fsp3) is 0.444. The van der Waals surface area contributed by atoms with E-state index in [1.54, 1.807) is 7.11 Å². The Kier molecular flexibility index (Phi) is 3.05. The van der Waals surface area contributed by atoms with E-state index in [1.165, 1.54) is 0 Å².